The van der Waals surface area contributed by atoms with Gasteiger partial charge in [-0.2, -0.15) is 0 Å². The molecule has 24 heavy (non-hydrogen) atoms. The van der Waals surface area contributed by atoms with E-state index in [1.165, 1.54) is 0 Å². The third kappa shape index (κ3) is 3.35. The summed E-state index contributed by atoms with van der Waals surface area (Å²) in [6.45, 7) is 7.14. The van der Waals surface area contributed by atoms with Crippen LogP contribution in [0.1, 0.15) is 45.2 Å². The number of allylic oxidation sites excluding steroid dienone is 2. The van der Waals surface area contributed by atoms with Crippen LogP contribution in [0.5, 0.6) is 0 Å². The number of ether oxygens (including phenoxy) is 1. The molecule has 0 heterocycles. The molecule has 1 saturated carbocycles. The van der Waals surface area contributed by atoms with Crippen molar-refractivity contribution < 1.29 is 22.7 Å². The number of carbonyl (C=O) groups is 1. The van der Waals surface area contributed by atoms with Gasteiger partial charge in [0.1, 0.15) is 12.4 Å². The SMILES string of the molecule is CC=C[C@@H]1[C@@H](C(=O)OCc2c(F)c(F)cc(F)c2CCC)C1(C)C. The number of rotatable bonds is 6. The monoisotopic (exact) mass is 340 g/mol. The van der Waals surface area contributed by atoms with Crippen molar-refractivity contribution in [3.05, 3.63) is 46.8 Å². The van der Waals surface area contributed by atoms with E-state index < -0.39 is 30.0 Å². The Morgan fingerprint density at radius 2 is 1.92 bits per heavy atom. The molecule has 0 spiro atoms. The van der Waals surface area contributed by atoms with Gasteiger partial charge in [-0.05, 0) is 30.2 Å². The first-order valence-corrected chi connectivity index (χ1v) is 8.20. The zero-order valence-corrected chi connectivity index (χ0v) is 14.5. The lowest BCUT2D eigenvalue weighted by molar-refractivity contribution is -0.147. The van der Waals surface area contributed by atoms with E-state index in [0.717, 1.165) is 0 Å². The summed E-state index contributed by atoms with van der Waals surface area (Å²) < 4.78 is 46.6. The number of carbonyl (C=O) groups excluding carboxylic acids is 1. The van der Waals surface area contributed by atoms with E-state index in [0.29, 0.717) is 12.5 Å². The van der Waals surface area contributed by atoms with Crippen molar-refractivity contribution in [3.63, 3.8) is 0 Å². The normalized spacial score (nSPS) is 22.0. The first-order chi connectivity index (χ1) is 11.3. The summed E-state index contributed by atoms with van der Waals surface area (Å²) in [5, 5.41) is 0. The summed E-state index contributed by atoms with van der Waals surface area (Å²) in [7, 11) is 0. The summed E-state index contributed by atoms with van der Waals surface area (Å²) in [5.41, 5.74) is -0.352. The van der Waals surface area contributed by atoms with Crippen LogP contribution < -0.4 is 0 Å². The molecule has 2 nitrogen and oxygen atoms in total. The lowest BCUT2D eigenvalue weighted by Crippen LogP contribution is -2.14. The topological polar surface area (TPSA) is 26.3 Å². The van der Waals surface area contributed by atoms with Gasteiger partial charge in [-0.15, -0.1) is 0 Å². The summed E-state index contributed by atoms with van der Waals surface area (Å²) in [5.74, 6) is -3.93. The van der Waals surface area contributed by atoms with Gasteiger partial charge in [-0.1, -0.05) is 39.3 Å². The Morgan fingerprint density at radius 3 is 2.50 bits per heavy atom. The molecule has 0 amide bonds. The van der Waals surface area contributed by atoms with Crippen LogP contribution in [0.3, 0.4) is 0 Å². The summed E-state index contributed by atoms with van der Waals surface area (Å²) in [4.78, 5) is 12.3. The van der Waals surface area contributed by atoms with Crippen molar-refractivity contribution >= 4 is 5.97 Å². The molecule has 1 fully saturated rings. The molecular formula is C19H23F3O2. The molecule has 0 aromatic heterocycles. The summed E-state index contributed by atoms with van der Waals surface area (Å²) in [6.07, 6.45) is 4.64. The van der Waals surface area contributed by atoms with E-state index in [2.05, 4.69) is 0 Å². The van der Waals surface area contributed by atoms with Gasteiger partial charge in [0.25, 0.3) is 0 Å². The highest BCUT2D eigenvalue weighted by Gasteiger charge is 2.61. The number of esters is 1. The largest absolute Gasteiger partial charge is 0.460 e. The molecule has 0 unspecified atom stereocenters. The van der Waals surface area contributed by atoms with Crippen molar-refractivity contribution in [2.75, 3.05) is 0 Å². The van der Waals surface area contributed by atoms with E-state index in [1.807, 2.05) is 39.8 Å². The molecule has 0 aliphatic heterocycles. The Hall–Kier alpha value is -1.78. The second-order valence-corrected chi connectivity index (χ2v) is 6.82. The third-order valence-electron chi connectivity index (χ3n) is 4.80. The molecule has 0 radical (unpaired) electrons. The van der Waals surface area contributed by atoms with Crippen molar-refractivity contribution in [1.82, 2.24) is 0 Å². The van der Waals surface area contributed by atoms with Gasteiger partial charge in [0.2, 0.25) is 0 Å². The smallest absolute Gasteiger partial charge is 0.310 e. The Balaban J connectivity index is 2.16. The standard InChI is InChI=1S/C19H23F3O2/c1-5-7-11-12(17(22)15(21)9-14(11)20)10-24-18(23)16-13(8-6-2)19(16,3)4/h6,8-9,13,16H,5,7,10H2,1-4H3/t13-,16+/m1/s1. The first kappa shape index (κ1) is 18.6. The predicted molar refractivity (Wildman–Crippen MR) is 85.7 cm³/mol. The van der Waals surface area contributed by atoms with Gasteiger partial charge in [-0.25, -0.2) is 13.2 Å². The number of halogens is 3. The average molecular weight is 340 g/mol. The van der Waals surface area contributed by atoms with E-state index in [4.69, 9.17) is 4.74 Å². The maximum absolute atomic E-state index is 14.0. The van der Waals surface area contributed by atoms with Crippen LogP contribution in [0.4, 0.5) is 13.2 Å². The van der Waals surface area contributed by atoms with Crippen molar-refractivity contribution in [2.45, 2.75) is 47.1 Å². The van der Waals surface area contributed by atoms with Crippen LogP contribution in [0.25, 0.3) is 0 Å². The van der Waals surface area contributed by atoms with Crippen LogP contribution in [0.2, 0.25) is 0 Å². The minimum Gasteiger partial charge on any atom is -0.460 e. The molecule has 1 aromatic carbocycles. The van der Waals surface area contributed by atoms with E-state index in [-0.39, 0.29) is 34.8 Å². The highest BCUT2D eigenvalue weighted by molar-refractivity contribution is 5.78. The lowest BCUT2D eigenvalue weighted by Gasteiger charge is -2.13. The van der Waals surface area contributed by atoms with Crippen LogP contribution >= 0.6 is 0 Å². The fourth-order valence-electron chi connectivity index (χ4n) is 3.28. The number of hydrogen-bond acceptors (Lipinski definition) is 2. The first-order valence-electron chi connectivity index (χ1n) is 8.20. The van der Waals surface area contributed by atoms with E-state index in [9.17, 15) is 18.0 Å². The quantitative estimate of drug-likeness (QED) is 0.416. The predicted octanol–water partition coefficient (Wildman–Crippen LogP) is 4.95. The molecule has 1 aromatic rings. The van der Waals surface area contributed by atoms with Gasteiger partial charge < -0.3 is 4.74 Å². The second-order valence-electron chi connectivity index (χ2n) is 6.82. The second kappa shape index (κ2) is 6.99. The van der Waals surface area contributed by atoms with Crippen molar-refractivity contribution in [1.29, 1.82) is 0 Å². The van der Waals surface area contributed by atoms with Gasteiger partial charge in [0.15, 0.2) is 11.6 Å². The van der Waals surface area contributed by atoms with Crippen molar-refractivity contribution in [3.8, 4) is 0 Å². The Labute approximate surface area is 140 Å². The minimum absolute atomic E-state index is 0.0687. The fourth-order valence-corrected chi connectivity index (χ4v) is 3.28. The molecule has 2 atom stereocenters. The fraction of sp³-hybridized carbons (Fsp3) is 0.526. The molecular weight excluding hydrogens is 317 g/mol. The van der Waals surface area contributed by atoms with Crippen molar-refractivity contribution in [2.24, 2.45) is 17.3 Å². The summed E-state index contributed by atoms with van der Waals surface area (Å²) in [6, 6.07) is 0.539. The van der Waals surface area contributed by atoms with Crippen LogP contribution in [-0.2, 0) is 22.6 Å². The average Bonchev–Trinajstić information content (AvgIpc) is 3.05. The maximum Gasteiger partial charge on any atom is 0.310 e. The molecule has 0 saturated heterocycles. The van der Waals surface area contributed by atoms with Gasteiger partial charge in [0.05, 0.1) is 5.92 Å². The third-order valence-corrected chi connectivity index (χ3v) is 4.80. The van der Waals surface area contributed by atoms with Gasteiger partial charge in [0, 0.05) is 11.6 Å². The minimum atomic E-state index is -1.27. The molecule has 0 bridgehead atoms. The van der Waals surface area contributed by atoms with Crippen LogP contribution in [0.15, 0.2) is 18.2 Å². The molecule has 1 aliphatic rings. The highest BCUT2D eigenvalue weighted by Crippen LogP contribution is 2.59. The highest BCUT2D eigenvalue weighted by atomic mass is 19.2. The Kier molecular flexibility index (Phi) is 5.41. The molecule has 1 aliphatic carbocycles. The van der Waals surface area contributed by atoms with Gasteiger partial charge >= 0.3 is 5.97 Å². The van der Waals surface area contributed by atoms with Gasteiger partial charge in [-0.3, -0.25) is 4.79 Å². The zero-order chi connectivity index (χ0) is 18.1. The Morgan fingerprint density at radius 1 is 1.25 bits per heavy atom. The molecule has 0 N–H and O–H groups in total. The van der Waals surface area contributed by atoms with E-state index in [1.54, 1.807) is 0 Å². The molecule has 5 heteroatoms. The van der Waals surface area contributed by atoms with E-state index >= 15 is 0 Å². The zero-order valence-electron chi connectivity index (χ0n) is 14.5. The molecule has 132 valence electrons. The number of hydrogen-bond donors (Lipinski definition) is 0. The lowest BCUT2D eigenvalue weighted by atomic mass is 10.0. The molecule has 2 rings (SSSR count). The Bertz CT molecular complexity index is 665. The van der Waals surface area contributed by atoms with Crippen LogP contribution in [-0.4, -0.2) is 5.97 Å². The summed E-state index contributed by atoms with van der Waals surface area (Å²) >= 11 is 0. The number of benzene rings is 1. The van der Waals surface area contributed by atoms with Crippen LogP contribution in [0, 0.1) is 34.7 Å². The maximum atomic E-state index is 14.0.